The van der Waals surface area contributed by atoms with Crippen molar-refractivity contribution in [2.75, 3.05) is 0 Å². The summed E-state index contributed by atoms with van der Waals surface area (Å²) in [7, 11) is 0. The molecule has 1 unspecified atom stereocenters. The fourth-order valence-corrected chi connectivity index (χ4v) is 1.22. The summed E-state index contributed by atoms with van der Waals surface area (Å²) in [5.41, 5.74) is 6.29. The number of aromatic nitrogens is 2. The van der Waals surface area contributed by atoms with Crippen LogP contribution in [-0.2, 0) is 0 Å². The van der Waals surface area contributed by atoms with Gasteiger partial charge in [-0.3, -0.25) is 0 Å². The summed E-state index contributed by atoms with van der Waals surface area (Å²) in [6.45, 7) is 3.71. The van der Waals surface area contributed by atoms with Crippen molar-refractivity contribution in [1.29, 1.82) is 0 Å². The van der Waals surface area contributed by atoms with E-state index in [-0.39, 0.29) is 5.92 Å². The quantitative estimate of drug-likeness (QED) is 0.580. The molecule has 13 heavy (non-hydrogen) atoms. The highest BCUT2D eigenvalue weighted by molar-refractivity contribution is 7.80. The molecule has 0 bridgehead atoms. The van der Waals surface area contributed by atoms with Gasteiger partial charge in [0, 0.05) is 18.5 Å². The molecule has 1 atom stereocenters. The predicted octanol–water partition coefficient (Wildman–Crippen LogP) is 1.42. The van der Waals surface area contributed by atoms with Crippen LogP contribution in [0.5, 0.6) is 0 Å². The fourth-order valence-electron chi connectivity index (χ4n) is 1.04. The zero-order valence-corrected chi connectivity index (χ0v) is 8.00. The van der Waals surface area contributed by atoms with E-state index in [1.165, 1.54) is 0 Å². The van der Waals surface area contributed by atoms with Crippen molar-refractivity contribution in [3.05, 3.63) is 36.7 Å². The van der Waals surface area contributed by atoms with Gasteiger partial charge in [0.2, 0.25) is 0 Å². The summed E-state index contributed by atoms with van der Waals surface area (Å²) >= 11 is 4.82. The van der Waals surface area contributed by atoms with E-state index in [1.807, 2.05) is 12.1 Å². The van der Waals surface area contributed by atoms with E-state index in [9.17, 15) is 0 Å². The number of allylic oxidation sites excluding steroid dienone is 1. The van der Waals surface area contributed by atoms with Gasteiger partial charge in [0.25, 0.3) is 0 Å². The second kappa shape index (κ2) is 4.67. The molecule has 68 valence electrons. The molecule has 1 heterocycles. The highest BCUT2D eigenvalue weighted by Crippen LogP contribution is 2.17. The standard InChI is InChI=1S/C9H11N3S/c1-2-7(6-9(10)13)8-4-3-5-11-12-8/h2-5,7H,1,6H2,(H2,10,13). The van der Waals surface area contributed by atoms with Gasteiger partial charge >= 0.3 is 0 Å². The van der Waals surface area contributed by atoms with Crippen molar-refractivity contribution in [1.82, 2.24) is 10.2 Å². The lowest BCUT2D eigenvalue weighted by atomic mass is 10.0. The predicted molar refractivity (Wildman–Crippen MR) is 56.4 cm³/mol. The van der Waals surface area contributed by atoms with Crippen molar-refractivity contribution < 1.29 is 0 Å². The Balaban J connectivity index is 2.78. The average Bonchev–Trinajstić information content (AvgIpc) is 2.15. The molecule has 0 radical (unpaired) electrons. The minimum atomic E-state index is 0.0752. The number of nitrogens with zero attached hydrogens (tertiary/aromatic N) is 2. The van der Waals surface area contributed by atoms with E-state index in [0.29, 0.717) is 11.4 Å². The van der Waals surface area contributed by atoms with Crippen molar-refractivity contribution in [3.63, 3.8) is 0 Å². The molecule has 0 spiro atoms. The number of hydrogen-bond donors (Lipinski definition) is 1. The molecular weight excluding hydrogens is 182 g/mol. The maximum atomic E-state index is 5.44. The lowest BCUT2D eigenvalue weighted by molar-refractivity contribution is 0.809. The zero-order valence-electron chi connectivity index (χ0n) is 7.18. The largest absolute Gasteiger partial charge is 0.393 e. The van der Waals surface area contributed by atoms with Crippen LogP contribution in [0.4, 0.5) is 0 Å². The molecule has 0 saturated heterocycles. The Labute approximate surface area is 82.7 Å². The van der Waals surface area contributed by atoms with Crippen LogP contribution >= 0.6 is 12.2 Å². The third kappa shape index (κ3) is 2.91. The van der Waals surface area contributed by atoms with E-state index >= 15 is 0 Å². The smallest absolute Gasteiger partial charge is 0.0737 e. The number of nitrogens with two attached hydrogens (primary N) is 1. The minimum Gasteiger partial charge on any atom is -0.393 e. The molecule has 0 aliphatic heterocycles. The van der Waals surface area contributed by atoms with Gasteiger partial charge < -0.3 is 5.73 Å². The molecule has 0 saturated carbocycles. The Morgan fingerprint density at radius 3 is 3.00 bits per heavy atom. The highest BCUT2D eigenvalue weighted by Gasteiger charge is 2.09. The van der Waals surface area contributed by atoms with Crippen LogP contribution in [0.15, 0.2) is 31.0 Å². The molecule has 2 N–H and O–H groups in total. The van der Waals surface area contributed by atoms with Gasteiger partial charge in [0.1, 0.15) is 0 Å². The second-order valence-corrected chi connectivity index (χ2v) is 3.19. The summed E-state index contributed by atoms with van der Waals surface area (Å²) < 4.78 is 0. The van der Waals surface area contributed by atoms with E-state index in [1.54, 1.807) is 12.3 Å². The Hall–Kier alpha value is -1.29. The first-order valence-corrected chi connectivity index (χ1v) is 4.33. The molecule has 1 aromatic rings. The molecule has 0 aromatic carbocycles. The third-order valence-electron chi connectivity index (χ3n) is 1.68. The average molecular weight is 193 g/mol. The van der Waals surface area contributed by atoms with E-state index in [2.05, 4.69) is 16.8 Å². The summed E-state index contributed by atoms with van der Waals surface area (Å²) in [5, 5.41) is 7.75. The highest BCUT2D eigenvalue weighted by atomic mass is 32.1. The van der Waals surface area contributed by atoms with E-state index in [4.69, 9.17) is 18.0 Å². The fraction of sp³-hybridized carbons (Fsp3) is 0.222. The summed E-state index contributed by atoms with van der Waals surface area (Å²) in [6, 6.07) is 3.72. The first-order valence-electron chi connectivity index (χ1n) is 3.92. The van der Waals surface area contributed by atoms with Gasteiger partial charge in [-0.1, -0.05) is 18.3 Å². The van der Waals surface area contributed by atoms with Crippen molar-refractivity contribution in [3.8, 4) is 0 Å². The first-order chi connectivity index (χ1) is 6.24. The maximum absolute atomic E-state index is 5.44. The van der Waals surface area contributed by atoms with Crippen LogP contribution in [-0.4, -0.2) is 15.2 Å². The summed E-state index contributed by atoms with van der Waals surface area (Å²) in [6.07, 6.45) is 4.01. The van der Waals surface area contributed by atoms with Gasteiger partial charge in [0.05, 0.1) is 10.7 Å². The van der Waals surface area contributed by atoms with Gasteiger partial charge in [-0.2, -0.15) is 10.2 Å². The third-order valence-corrected chi connectivity index (χ3v) is 1.85. The van der Waals surface area contributed by atoms with Gasteiger partial charge in [0.15, 0.2) is 0 Å². The molecule has 3 nitrogen and oxygen atoms in total. The Bertz CT molecular complexity index is 297. The molecule has 4 heteroatoms. The van der Waals surface area contributed by atoms with Gasteiger partial charge in [-0.05, 0) is 12.1 Å². The zero-order chi connectivity index (χ0) is 9.68. The summed E-state index contributed by atoms with van der Waals surface area (Å²) in [4.78, 5) is 0.468. The molecule has 0 fully saturated rings. The lowest BCUT2D eigenvalue weighted by Gasteiger charge is -2.08. The number of hydrogen-bond acceptors (Lipinski definition) is 3. The van der Waals surface area contributed by atoms with Crippen molar-refractivity contribution in [2.24, 2.45) is 5.73 Å². The van der Waals surface area contributed by atoms with Crippen LogP contribution in [0.3, 0.4) is 0 Å². The van der Waals surface area contributed by atoms with Gasteiger partial charge in [-0.15, -0.1) is 6.58 Å². The van der Waals surface area contributed by atoms with E-state index in [0.717, 1.165) is 5.69 Å². The number of thiocarbonyl (C=S) groups is 1. The normalized spacial score (nSPS) is 12.0. The molecule has 0 amide bonds. The maximum Gasteiger partial charge on any atom is 0.0737 e. The first kappa shape index (κ1) is 9.80. The van der Waals surface area contributed by atoms with Crippen LogP contribution in [0, 0.1) is 0 Å². The Morgan fingerprint density at radius 2 is 2.54 bits per heavy atom. The van der Waals surface area contributed by atoms with Crippen LogP contribution < -0.4 is 5.73 Å². The lowest BCUT2D eigenvalue weighted by Crippen LogP contribution is -2.12. The topological polar surface area (TPSA) is 51.8 Å². The molecule has 1 aromatic heterocycles. The van der Waals surface area contributed by atoms with Crippen LogP contribution in [0.1, 0.15) is 18.0 Å². The minimum absolute atomic E-state index is 0.0752. The SMILES string of the molecule is C=CC(CC(N)=S)c1cccnn1. The summed E-state index contributed by atoms with van der Waals surface area (Å²) in [5.74, 6) is 0.0752. The van der Waals surface area contributed by atoms with Crippen LogP contribution in [0.2, 0.25) is 0 Å². The van der Waals surface area contributed by atoms with Crippen molar-refractivity contribution in [2.45, 2.75) is 12.3 Å². The van der Waals surface area contributed by atoms with Crippen molar-refractivity contribution >= 4 is 17.2 Å². The Kier molecular flexibility index (Phi) is 3.52. The van der Waals surface area contributed by atoms with E-state index < -0.39 is 0 Å². The molecule has 0 aliphatic carbocycles. The monoisotopic (exact) mass is 193 g/mol. The second-order valence-electron chi connectivity index (χ2n) is 2.66. The molecule has 0 aliphatic rings. The molecule has 1 rings (SSSR count). The number of rotatable bonds is 4. The van der Waals surface area contributed by atoms with Gasteiger partial charge in [-0.25, -0.2) is 0 Å². The Morgan fingerprint density at radius 1 is 1.77 bits per heavy atom. The molecular formula is C9H11N3S. The van der Waals surface area contributed by atoms with Crippen LogP contribution in [0.25, 0.3) is 0 Å².